The van der Waals surface area contributed by atoms with Crippen LogP contribution in [0.2, 0.25) is 0 Å². The molecule has 22 nitrogen and oxygen atoms in total. The number of aryl methyl sites for hydroxylation is 4. The number of hydrogen-bond acceptors (Lipinski definition) is 18. The molecule has 0 saturated heterocycles. The van der Waals surface area contributed by atoms with Crippen molar-refractivity contribution >= 4 is 182 Å². The molecule has 18 rings (SSSR count). The second-order valence-corrected chi connectivity index (χ2v) is 34.6. The quantitative estimate of drug-likeness (QED) is 0.0332. The molecule has 2 fully saturated rings. The van der Waals surface area contributed by atoms with E-state index in [4.69, 9.17) is 11.5 Å². The summed E-state index contributed by atoms with van der Waals surface area (Å²) >= 11 is 14.2. The molecule has 4 heterocycles. The maximum absolute atomic E-state index is 13.9. The molecule has 10 N–H and O–H groups in total. The standard InChI is InChI=1S/C24H27BrN2.C18H16BrFN2.C12H13BrN2.C12H10BrNO.C12H14O.C6H6FN.2C4H6O4.2C2H3BO2.2Na/c25-18-11-14-22-21(15-18)20-7-4-8-23(24(20)27-22)26-19-12-9-17(10-13-19)16-5-2-1-3-6-16;19-11-8-9-15-13(10-11)12-4-3-7-17(18(12)22-15)21-16-6-2-1-5-14(16)20;13-7-4-5-11-9(6-7)8-2-1-3-10(14)12(8)15-11;13-7-4-5-10-9(6-7)8-2-1-3-11(15)12(8)14-10;13-12-8-6-11(7-9-12)10-4-2-1-3-5-10;7-5-3-1-2-4-6(5)8;2*1-3(5)7-8-4(2)6;2*1-2(4)5-3;;/h1-3,5-6,11,14-15,17,19,23,26-27H,4,7-10,12-13H2;1-2,5-6,8-10,17,21-22H,3-4,7H2;4-6,10,15H,1-3,14H2;4-6,14H,1-3H2;1-5,11H,6-9H2;1-4H,8H2;2*1-2H3;2*1H3;;/q;;;;;;;;2*-1;2*+1. The van der Waals surface area contributed by atoms with E-state index in [9.17, 15) is 47.1 Å². The summed E-state index contributed by atoms with van der Waals surface area (Å²) in [6.07, 6.45) is 21.9. The van der Waals surface area contributed by atoms with Gasteiger partial charge in [0.15, 0.2) is 5.78 Å². The normalized spacial score (nSPS) is 16.6. The van der Waals surface area contributed by atoms with Gasteiger partial charge >= 0.3 is 83.0 Å². The maximum Gasteiger partial charge on any atom is 1.00 e. The Balaban J connectivity index is 0.000000203. The Labute approximate surface area is 825 Å². The first-order valence-corrected chi connectivity index (χ1v) is 45.0. The van der Waals surface area contributed by atoms with Gasteiger partial charge in [-0.3, -0.25) is 19.2 Å². The molecule has 3 atom stereocenters. The van der Waals surface area contributed by atoms with Gasteiger partial charge in [-0.25, -0.2) is 47.5 Å². The van der Waals surface area contributed by atoms with Gasteiger partial charge in [-0.05, 0) is 251 Å². The molecular formula is C96H104B2Br4F2N8Na2O14. The van der Waals surface area contributed by atoms with Gasteiger partial charge in [-0.15, -0.1) is 0 Å². The molecule has 6 radical (unpaired) electrons. The maximum atomic E-state index is 13.9. The number of Topliss-reactive ketones (excluding diaryl/α,β-unsaturated/α-hetero) is 2. The van der Waals surface area contributed by atoms with Crippen LogP contribution in [0, 0.1) is 11.6 Å². The summed E-state index contributed by atoms with van der Waals surface area (Å²) in [6.45, 7) is 7.04. The fourth-order valence-electron chi connectivity index (χ4n) is 16.0. The molecular weight excluding hydrogens is 1910 g/mol. The number of carbonyl (C=O) groups excluding carboxylic acids is 8. The largest absolute Gasteiger partial charge is 1.00 e. The molecule has 0 spiro atoms. The SMILES string of the molecule is Brc1ccc2[nH]c3c(c2c1)CCCC3NC1CCC(c2ccccc2)CC1.CC(=O)OOC(C)=O.CC(=O)OOC(C)=O.Fc1ccccc1NC1CCCc2c1[nH]c1ccc(Br)cc21.NC1CCCc2c1[nH]c1ccc(Br)cc21.Nc1ccccc1F.O=C1CCC(c2ccccc2)CC1.O=C1CCCc2c1[nH]c1ccc(Br)cc21.[B-]OC(C)=O.[B-]OC(C)=O.[Na+].[Na+]. The Hall–Kier alpha value is -8.49. The van der Waals surface area contributed by atoms with E-state index in [2.05, 4.69) is 248 Å². The predicted octanol–water partition coefficient (Wildman–Crippen LogP) is 16.5. The van der Waals surface area contributed by atoms with Crippen molar-refractivity contribution in [2.24, 2.45) is 5.73 Å². The number of hydrogen-bond donors (Lipinski definition) is 8. The minimum absolute atomic E-state index is 0. The third-order valence-electron chi connectivity index (χ3n) is 21.8. The predicted molar refractivity (Wildman–Crippen MR) is 503 cm³/mol. The van der Waals surface area contributed by atoms with Crippen molar-refractivity contribution in [2.45, 2.75) is 206 Å². The number of aromatic amines is 4. The van der Waals surface area contributed by atoms with Crippen molar-refractivity contribution in [2.75, 3.05) is 11.1 Å². The van der Waals surface area contributed by atoms with E-state index in [1.807, 2.05) is 30.3 Å². The van der Waals surface area contributed by atoms with E-state index in [1.165, 1.54) is 171 Å². The van der Waals surface area contributed by atoms with E-state index in [0.29, 0.717) is 35.9 Å². The number of nitrogens with two attached hydrogens (primary N) is 2. The molecule has 8 aromatic carbocycles. The van der Waals surface area contributed by atoms with Gasteiger partial charge in [-0.2, -0.15) is 0 Å². The fourth-order valence-corrected chi connectivity index (χ4v) is 17.4. The topological polar surface area (TPSA) is 331 Å². The molecule has 4 aromatic heterocycles. The number of rotatable bonds is 6. The summed E-state index contributed by atoms with van der Waals surface area (Å²) < 4.78 is 37.8. The van der Waals surface area contributed by atoms with Crippen molar-refractivity contribution in [1.82, 2.24) is 25.3 Å². The van der Waals surface area contributed by atoms with Gasteiger partial charge in [0.25, 0.3) is 0 Å². The number of H-pyrrole nitrogens is 4. The molecule has 128 heavy (non-hydrogen) atoms. The molecule has 12 aromatic rings. The molecule has 0 bridgehead atoms. The van der Waals surface area contributed by atoms with Crippen LogP contribution in [0.15, 0.2) is 200 Å². The Kier molecular flexibility index (Phi) is 45.2. The van der Waals surface area contributed by atoms with Crippen LogP contribution in [0.3, 0.4) is 0 Å². The van der Waals surface area contributed by atoms with Crippen LogP contribution in [-0.4, -0.2) is 89.5 Å². The molecule has 3 unspecified atom stereocenters. The molecule has 662 valence electrons. The van der Waals surface area contributed by atoms with Crippen molar-refractivity contribution in [1.29, 1.82) is 0 Å². The van der Waals surface area contributed by atoms with E-state index in [1.54, 1.807) is 24.3 Å². The van der Waals surface area contributed by atoms with Crippen LogP contribution in [-0.2, 0) is 88.1 Å². The van der Waals surface area contributed by atoms with E-state index in [0.717, 1.165) is 134 Å². The second kappa shape index (κ2) is 54.4. The van der Waals surface area contributed by atoms with Crippen molar-refractivity contribution < 1.29 is 135 Å². The van der Waals surface area contributed by atoms with E-state index in [-0.39, 0.29) is 94.3 Å². The minimum atomic E-state index is -0.639. The second-order valence-electron chi connectivity index (χ2n) is 31.0. The average molecular weight is 2020 g/mol. The van der Waals surface area contributed by atoms with Gasteiger partial charge in [0.2, 0.25) is 11.9 Å². The molecule has 6 aliphatic rings. The van der Waals surface area contributed by atoms with Gasteiger partial charge in [0.05, 0.1) is 23.1 Å². The van der Waals surface area contributed by atoms with Gasteiger partial charge < -0.3 is 67.4 Å². The van der Waals surface area contributed by atoms with Crippen LogP contribution in [0.25, 0.3) is 43.6 Å². The molecule has 2 saturated carbocycles. The number of halogens is 6. The summed E-state index contributed by atoms with van der Waals surface area (Å²) in [4.78, 5) is 110. The number of fused-ring (bicyclic) bond motifs is 12. The number of nitrogen functional groups attached to an aromatic ring is 1. The third-order valence-corrected chi connectivity index (χ3v) is 23.7. The molecule has 0 amide bonds. The minimum Gasteiger partial charge on any atom is -0.793 e. The zero-order chi connectivity index (χ0) is 90.9. The molecule has 6 aliphatic carbocycles. The van der Waals surface area contributed by atoms with Crippen LogP contribution in [0.1, 0.15) is 235 Å². The zero-order valence-corrected chi connectivity index (χ0v) is 83.6. The number of nitrogens with one attached hydrogen (secondary N) is 6. The molecule has 0 aliphatic heterocycles. The first-order valence-electron chi connectivity index (χ1n) is 41.8. The Morgan fingerprint density at radius 3 is 1.17 bits per heavy atom. The van der Waals surface area contributed by atoms with E-state index < -0.39 is 35.8 Å². The monoisotopic (exact) mass is 2010 g/mol. The van der Waals surface area contributed by atoms with Crippen molar-refractivity contribution in [3.05, 3.63) is 268 Å². The van der Waals surface area contributed by atoms with Crippen LogP contribution in [0.5, 0.6) is 0 Å². The number of benzene rings is 8. The number of carbonyl (C=O) groups is 8. The number of para-hydroxylation sites is 2. The molecule has 32 heteroatoms. The fraction of sp³-hybridized carbons (Fsp3) is 0.333. The Morgan fingerprint density at radius 2 is 0.758 bits per heavy atom. The number of anilines is 2. The smallest absolute Gasteiger partial charge is 0.793 e. The third kappa shape index (κ3) is 33.1. The number of ketones is 2. The number of aromatic nitrogens is 4. The van der Waals surface area contributed by atoms with Gasteiger partial charge in [-0.1, -0.05) is 149 Å². The first kappa shape index (κ1) is 107. The van der Waals surface area contributed by atoms with Crippen molar-refractivity contribution in [3.63, 3.8) is 0 Å². The summed E-state index contributed by atoms with van der Waals surface area (Å²) in [6, 6.07) is 61.5. The summed E-state index contributed by atoms with van der Waals surface area (Å²) in [7, 11) is 8.64. The van der Waals surface area contributed by atoms with E-state index >= 15 is 0 Å². The zero-order valence-electron chi connectivity index (χ0n) is 73.2. The van der Waals surface area contributed by atoms with Crippen molar-refractivity contribution in [3.8, 4) is 0 Å². The summed E-state index contributed by atoms with van der Waals surface area (Å²) in [5, 5.41) is 12.6. The van der Waals surface area contributed by atoms with Gasteiger partial charge in [0, 0.05) is 158 Å². The van der Waals surface area contributed by atoms with Gasteiger partial charge in [0.1, 0.15) is 17.4 Å². The van der Waals surface area contributed by atoms with Crippen LogP contribution >= 0.6 is 63.7 Å². The van der Waals surface area contributed by atoms with Crippen LogP contribution in [0.4, 0.5) is 20.2 Å². The Bertz CT molecular complexity index is 5580. The Morgan fingerprint density at radius 1 is 0.398 bits per heavy atom. The summed E-state index contributed by atoms with van der Waals surface area (Å²) in [5.74, 6) is -1.98. The average Bonchev–Trinajstić information content (AvgIpc) is 1.64. The van der Waals surface area contributed by atoms with Crippen LogP contribution < -0.4 is 81.2 Å². The summed E-state index contributed by atoms with van der Waals surface area (Å²) in [5.41, 5.74) is 29.9. The first-order chi connectivity index (χ1) is 60.5.